The van der Waals surface area contributed by atoms with E-state index in [1.165, 1.54) is 14.2 Å². The quantitative estimate of drug-likeness (QED) is 0.544. The fourth-order valence-electron chi connectivity index (χ4n) is 3.51. The number of nitrogen functional groups attached to an aromatic ring is 1. The standard InChI is InChI=1S/C21H23Cl2N6O3/c1-30-14-10-15(31-2)18(23)16(17(14)22)13-9-12-11-26-21(24)28-19(12)20(27-13)25-3-4-29-5-7-32-8-6-29/h9-11H,3-8H2,1-2H3,(H2-,24,25,26,27,28)/q-1. The lowest BCUT2D eigenvalue weighted by Gasteiger charge is -2.28. The van der Waals surface area contributed by atoms with Gasteiger partial charge in [-0.25, -0.2) is 9.97 Å². The second-order valence-corrected chi connectivity index (χ2v) is 7.87. The van der Waals surface area contributed by atoms with Crippen molar-refractivity contribution in [2.24, 2.45) is 0 Å². The first-order valence-corrected chi connectivity index (χ1v) is 10.8. The highest BCUT2D eigenvalue weighted by Crippen LogP contribution is 2.46. The van der Waals surface area contributed by atoms with Crippen molar-refractivity contribution in [1.82, 2.24) is 19.9 Å². The van der Waals surface area contributed by atoms with Gasteiger partial charge in [0.2, 0.25) is 5.95 Å². The van der Waals surface area contributed by atoms with Crippen molar-refractivity contribution in [3.63, 3.8) is 0 Å². The van der Waals surface area contributed by atoms with Crippen LogP contribution in [-0.4, -0.2) is 73.5 Å². The van der Waals surface area contributed by atoms with E-state index in [0.717, 1.165) is 32.8 Å². The summed E-state index contributed by atoms with van der Waals surface area (Å²) in [5.74, 6) is 1.43. The Morgan fingerprint density at radius 2 is 1.78 bits per heavy atom. The summed E-state index contributed by atoms with van der Waals surface area (Å²) >= 11 is 13.2. The van der Waals surface area contributed by atoms with Crippen LogP contribution in [0, 0.1) is 0 Å². The molecule has 0 amide bonds. The zero-order chi connectivity index (χ0) is 22.7. The molecule has 1 aromatic carbocycles. The Morgan fingerprint density at radius 3 is 2.44 bits per heavy atom. The van der Waals surface area contributed by atoms with Crippen LogP contribution in [0.1, 0.15) is 0 Å². The van der Waals surface area contributed by atoms with Gasteiger partial charge in [-0.1, -0.05) is 23.2 Å². The molecule has 3 aromatic rings. The Kier molecular flexibility index (Phi) is 7.00. The van der Waals surface area contributed by atoms with Gasteiger partial charge in [0.1, 0.15) is 11.5 Å². The van der Waals surface area contributed by atoms with Crippen LogP contribution in [0.2, 0.25) is 10.0 Å². The molecular weight excluding hydrogens is 455 g/mol. The fourth-order valence-corrected chi connectivity index (χ4v) is 4.20. The van der Waals surface area contributed by atoms with Crippen molar-refractivity contribution in [1.29, 1.82) is 0 Å². The Bertz CT molecular complexity index is 1100. The minimum atomic E-state index is 0.149. The first-order valence-electron chi connectivity index (χ1n) is 10.0. The molecule has 2 N–H and O–H groups in total. The van der Waals surface area contributed by atoms with Crippen LogP contribution in [0.25, 0.3) is 27.5 Å². The number of hydrogen-bond donors (Lipinski definition) is 1. The van der Waals surface area contributed by atoms with Crippen molar-refractivity contribution in [3.8, 4) is 22.8 Å². The van der Waals surface area contributed by atoms with Gasteiger partial charge in [0.15, 0.2) is 0 Å². The third kappa shape index (κ3) is 4.61. The molecule has 11 heteroatoms. The molecule has 4 rings (SSSR count). The van der Waals surface area contributed by atoms with Gasteiger partial charge in [0.25, 0.3) is 0 Å². The van der Waals surface area contributed by atoms with Crippen molar-refractivity contribution >= 4 is 45.9 Å². The Labute approximate surface area is 195 Å². The average molecular weight is 478 g/mol. The second kappa shape index (κ2) is 9.91. The van der Waals surface area contributed by atoms with Gasteiger partial charge < -0.3 is 30.2 Å². The fraction of sp³-hybridized carbons (Fsp3) is 0.381. The summed E-state index contributed by atoms with van der Waals surface area (Å²) in [6, 6.07) is 3.42. The van der Waals surface area contributed by atoms with Crippen LogP contribution in [-0.2, 0) is 4.74 Å². The molecule has 0 aliphatic carbocycles. The highest BCUT2D eigenvalue weighted by Gasteiger charge is 2.19. The van der Waals surface area contributed by atoms with Crippen LogP contribution >= 0.6 is 23.2 Å². The maximum atomic E-state index is 6.61. The molecule has 1 aliphatic rings. The van der Waals surface area contributed by atoms with Crippen molar-refractivity contribution in [2.75, 3.05) is 59.3 Å². The van der Waals surface area contributed by atoms with E-state index in [2.05, 4.69) is 14.9 Å². The molecule has 9 nitrogen and oxygen atoms in total. The van der Waals surface area contributed by atoms with Crippen molar-refractivity contribution < 1.29 is 14.2 Å². The van der Waals surface area contributed by atoms with E-state index in [0.29, 0.717) is 56.1 Å². The van der Waals surface area contributed by atoms with Crippen LogP contribution in [0.5, 0.6) is 11.5 Å². The van der Waals surface area contributed by atoms with E-state index in [-0.39, 0.29) is 5.95 Å². The summed E-state index contributed by atoms with van der Waals surface area (Å²) in [7, 11) is 3.05. The molecule has 0 bridgehead atoms. The average Bonchev–Trinajstić information content (AvgIpc) is 2.80. The summed E-state index contributed by atoms with van der Waals surface area (Å²) in [5.41, 5.74) is 7.37. The number of halogens is 2. The number of rotatable bonds is 7. The van der Waals surface area contributed by atoms with E-state index in [9.17, 15) is 0 Å². The maximum absolute atomic E-state index is 6.61. The molecule has 0 atom stereocenters. The Balaban J connectivity index is 1.75. The van der Waals surface area contributed by atoms with E-state index in [1.807, 2.05) is 0 Å². The maximum Gasteiger partial charge on any atom is 0.220 e. The minimum absolute atomic E-state index is 0.149. The van der Waals surface area contributed by atoms with E-state index in [4.69, 9.17) is 53.4 Å². The highest BCUT2D eigenvalue weighted by atomic mass is 35.5. The molecule has 0 radical (unpaired) electrons. The normalized spacial score (nSPS) is 14.5. The molecule has 32 heavy (non-hydrogen) atoms. The summed E-state index contributed by atoms with van der Waals surface area (Å²) in [6.07, 6.45) is 1.63. The third-order valence-electron chi connectivity index (χ3n) is 5.18. The summed E-state index contributed by atoms with van der Waals surface area (Å²) in [5, 5.41) is 6.06. The van der Waals surface area contributed by atoms with Crippen molar-refractivity contribution in [2.45, 2.75) is 0 Å². The topological polar surface area (TPSA) is 110 Å². The van der Waals surface area contributed by atoms with Crippen molar-refractivity contribution in [3.05, 3.63) is 33.7 Å². The van der Waals surface area contributed by atoms with Crippen LogP contribution in [0.4, 0.5) is 11.8 Å². The smallest absolute Gasteiger partial charge is 0.220 e. The van der Waals surface area contributed by atoms with E-state index >= 15 is 0 Å². The molecule has 1 saturated heterocycles. The second-order valence-electron chi connectivity index (χ2n) is 7.12. The lowest BCUT2D eigenvalue weighted by atomic mass is 10.1. The van der Waals surface area contributed by atoms with E-state index < -0.39 is 0 Å². The zero-order valence-electron chi connectivity index (χ0n) is 17.8. The number of fused-ring (bicyclic) bond motifs is 1. The van der Waals surface area contributed by atoms with Gasteiger partial charge in [0, 0.05) is 36.3 Å². The number of nitrogens with zero attached hydrogens (tertiary/aromatic N) is 5. The molecule has 1 aliphatic heterocycles. The molecular formula is C21H23Cl2N6O3-. The number of hydrogen-bond acceptors (Lipinski definition) is 8. The number of methoxy groups -OCH3 is 2. The van der Waals surface area contributed by atoms with Gasteiger partial charge in [0.05, 0.1) is 43.0 Å². The number of anilines is 1. The van der Waals surface area contributed by atoms with Gasteiger partial charge in [-0.2, -0.15) is 0 Å². The molecule has 0 unspecified atom stereocenters. The number of pyridine rings is 1. The number of benzene rings is 1. The first kappa shape index (κ1) is 22.6. The Morgan fingerprint density at radius 1 is 1.09 bits per heavy atom. The van der Waals surface area contributed by atoms with Crippen LogP contribution < -0.4 is 15.2 Å². The zero-order valence-corrected chi connectivity index (χ0v) is 19.3. The van der Waals surface area contributed by atoms with Gasteiger partial charge >= 0.3 is 0 Å². The Hall–Kier alpha value is -2.59. The summed E-state index contributed by atoms with van der Waals surface area (Å²) in [4.78, 5) is 15.5. The predicted octanol–water partition coefficient (Wildman–Crippen LogP) is 3.94. The first-order chi connectivity index (χ1) is 15.5. The molecule has 0 spiro atoms. The summed E-state index contributed by atoms with van der Waals surface area (Å²) in [6.45, 7) is 4.55. The van der Waals surface area contributed by atoms with E-state index in [1.54, 1.807) is 18.3 Å². The largest absolute Gasteiger partial charge is 0.495 e. The minimum Gasteiger partial charge on any atom is -0.495 e. The molecule has 1 fully saturated rings. The lowest BCUT2D eigenvalue weighted by molar-refractivity contribution is 0.0401. The third-order valence-corrected chi connectivity index (χ3v) is 5.93. The summed E-state index contributed by atoms with van der Waals surface area (Å²) < 4.78 is 16.2. The highest BCUT2D eigenvalue weighted by molar-refractivity contribution is 6.41. The SMILES string of the molecule is COc1cc(OC)c(Cl)c(-c2cc3cnc(N)nc3c([N-]CCN3CCOCC3)n2)c1Cl. The van der Waals surface area contributed by atoms with Gasteiger partial charge in [-0.05, 0) is 30.7 Å². The molecule has 170 valence electrons. The number of aromatic nitrogens is 3. The van der Waals surface area contributed by atoms with Crippen LogP contribution in [0.15, 0.2) is 18.3 Å². The van der Waals surface area contributed by atoms with Gasteiger partial charge in [-0.15, -0.1) is 0 Å². The number of nitrogens with two attached hydrogens (primary N) is 1. The molecule has 3 heterocycles. The van der Waals surface area contributed by atoms with Crippen LogP contribution in [0.3, 0.4) is 0 Å². The number of ether oxygens (including phenoxy) is 3. The monoisotopic (exact) mass is 477 g/mol. The molecule has 2 aromatic heterocycles. The predicted molar refractivity (Wildman–Crippen MR) is 125 cm³/mol. The molecule has 0 saturated carbocycles. The number of morpholine rings is 1. The lowest BCUT2D eigenvalue weighted by Crippen LogP contribution is -2.37. The van der Waals surface area contributed by atoms with Gasteiger partial charge in [-0.3, -0.25) is 4.90 Å².